The van der Waals surface area contributed by atoms with Crippen molar-refractivity contribution in [1.82, 2.24) is 4.90 Å². The van der Waals surface area contributed by atoms with Crippen LogP contribution < -0.4 is 0 Å². The zero-order valence-corrected chi connectivity index (χ0v) is 12.2. The van der Waals surface area contributed by atoms with Crippen LogP contribution in [0.3, 0.4) is 0 Å². The number of hydrogen-bond acceptors (Lipinski definition) is 2. The monoisotopic (exact) mass is 257 g/mol. The lowest BCUT2D eigenvalue weighted by atomic mass is 10.0. The van der Waals surface area contributed by atoms with Crippen molar-refractivity contribution in [2.45, 2.75) is 40.0 Å². The summed E-state index contributed by atoms with van der Waals surface area (Å²) >= 11 is 0. The maximum Gasteiger partial charge on any atom is 0.151 e. The molecule has 0 saturated heterocycles. The number of nitrogens with zero attached hydrogens (tertiary/aromatic N) is 1. The van der Waals surface area contributed by atoms with Crippen molar-refractivity contribution in [1.29, 1.82) is 0 Å². The number of allylic oxidation sites excluding steroid dienone is 6. The maximum atomic E-state index is 6.06. The van der Waals surface area contributed by atoms with Crippen LogP contribution in [0.1, 0.15) is 40.0 Å². The van der Waals surface area contributed by atoms with E-state index in [9.17, 15) is 0 Å². The van der Waals surface area contributed by atoms with Crippen LogP contribution in [0.25, 0.3) is 0 Å². The molecule has 0 aromatic rings. The van der Waals surface area contributed by atoms with Crippen LogP contribution in [0.2, 0.25) is 0 Å². The summed E-state index contributed by atoms with van der Waals surface area (Å²) in [4.78, 5) is 2.42. The summed E-state index contributed by atoms with van der Waals surface area (Å²) in [6.45, 7) is 11.3. The lowest BCUT2D eigenvalue weighted by Gasteiger charge is -2.38. The molecule has 0 aromatic heterocycles. The summed E-state index contributed by atoms with van der Waals surface area (Å²) in [5.74, 6) is 1.91. The first-order valence-electron chi connectivity index (χ1n) is 7.04. The van der Waals surface area contributed by atoms with E-state index in [1.165, 1.54) is 17.0 Å². The first kappa shape index (κ1) is 13.7. The third kappa shape index (κ3) is 2.67. The Labute approximate surface area is 116 Å². The first-order chi connectivity index (χ1) is 9.19. The quantitative estimate of drug-likeness (QED) is 0.729. The molecule has 0 bridgehead atoms. The van der Waals surface area contributed by atoms with Crippen molar-refractivity contribution < 1.29 is 4.74 Å². The normalized spacial score (nSPS) is 20.5. The van der Waals surface area contributed by atoms with Gasteiger partial charge in [0.15, 0.2) is 5.76 Å². The average Bonchev–Trinajstić information content (AvgIpc) is 2.39. The first-order valence-corrected chi connectivity index (χ1v) is 7.04. The summed E-state index contributed by atoms with van der Waals surface area (Å²) in [6, 6.07) is 0. The van der Waals surface area contributed by atoms with Crippen molar-refractivity contribution in [3.8, 4) is 0 Å². The predicted octanol–water partition coefficient (Wildman–Crippen LogP) is 4.65. The molecule has 1 aliphatic carbocycles. The van der Waals surface area contributed by atoms with Crippen LogP contribution in [0.5, 0.6) is 0 Å². The molecule has 0 atom stereocenters. The molecule has 19 heavy (non-hydrogen) atoms. The van der Waals surface area contributed by atoms with Gasteiger partial charge in [-0.3, -0.25) is 0 Å². The van der Waals surface area contributed by atoms with Crippen LogP contribution in [-0.4, -0.2) is 11.4 Å². The summed E-state index contributed by atoms with van der Waals surface area (Å²) < 4.78 is 6.06. The highest BCUT2D eigenvalue weighted by Gasteiger charge is 2.29. The van der Waals surface area contributed by atoms with Crippen LogP contribution in [0.4, 0.5) is 0 Å². The van der Waals surface area contributed by atoms with Crippen molar-refractivity contribution in [2.75, 3.05) is 6.54 Å². The van der Waals surface area contributed by atoms with Crippen LogP contribution in [0.15, 0.2) is 59.4 Å². The van der Waals surface area contributed by atoms with E-state index in [1.54, 1.807) is 6.08 Å². The number of hydrogen-bond donors (Lipinski definition) is 0. The Morgan fingerprint density at radius 3 is 2.89 bits per heavy atom. The Kier molecular flexibility index (Phi) is 4.31. The van der Waals surface area contributed by atoms with E-state index in [-0.39, 0.29) is 0 Å². The smallest absolute Gasteiger partial charge is 0.151 e. The minimum Gasteiger partial charge on any atom is -0.453 e. The molecule has 0 saturated carbocycles. The predicted molar refractivity (Wildman–Crippen MR) is 80.1 cm³/mol. The molecule has 0 amide bonds. The SMILES string of the molecule is C=C/C=C1/OC2=C(CCC=C2)N(CCC)C1=C(C)C. The van der Waals surface area contributed by atoms with Gasteiger partial charge >= 0.3 is 0 Å². The highest BCUT2D eigenvalue weighted by atomic mass is 16.5. The Morgan fingerprint density at radius 2 is 2.26 bits per heavy atom. The summed E-state index contributed by atoms with van der Waals surface area (Å²) in [5, 5.41) is 0. The molecule has 0 spiro atoms. The molecule has 1 heterocycles. The van der Waals surface area contributed by atoms with Crippen molar-refractivity contribution in [3.05, 3.63) is 59.4 Å². The van der Waals surface area contributed by atoms with E-state index in [2.05, 4.69) is 44.4 Å². The van der Waals surface area contributed by atoms with Crippen molar-refractivity contribution >= 4 is 0 Å². The fourth-order valence-electron chi connectivity index (χ4n) is 2.63. The highest BCUT2D eigenvalue weighted by Crippen LogP contribution is 2.37. The van der Waals surface area contributed by atoms with Crippen LogP contribution in [-0.2, 0) is 4.74 Å². The van der Waals surface area contributed by atoms with Gasteiger partial charge in [0.2, 0.25) is 0 Å². The molecule has 0 fully saturated rings. The second-order valence-corrected chi connectivity index (χ2v) is 5.12. The summed E-state index contributed by atoms with van der Waals surface area (Å²) in [6.07, 6.45) is 11.3. The Morgan fingerprint density at radius 1 is 1.47 bits per heavy atom. The van der Waals surface area contributed by atoms with Gasteiger partial charge in [-0.1, -0.05) is 25.7 Å². The maximum absolute atomic E-state index is 6.06. The molecule has 0 unspecified atom stereocenters. The molecule has 2 rings (SSSR count). The molecule has 0 radical (unpaired) electrons. The van der Waals surface area contributed by atoms with Gasteiger partial charge in [-0.25, -0.2) is 0 Å². The van der Waals surface area contributed by atoms with Gasteiger partial charge in [-0.15, -0.1) is 0 Å². The lowest BCUT2D eigenvalue weighted by Crippen LogP contribution is -2.31. The van der Waals surface area contributed by atoms with Gasteiger partial charge in [0.1, 0.15) is 5.76 Å². The number of rotatable bonds is 3. The molecular formula is C17H23NO. The third-order valence-electron chi connectivity index (χ3n) is 3.34. The topological polar surface area (TPSA) is 12.5 Å². The van der Waals surface area contributed by atoms with Gasteiger partial charge in [0.05, 0.1) is 11.4 Å². The summed E-state index contributed by atoms with van der Waals surface area (Å²) in [5.41, 5.74) is 3.81. The second kappa shape index (κ2) is 5.96. The zero-order valence-electron chi connectivity index (χ0n) is 12.2. The molecule has 102 valence electrons. The third-order valence-corrected chi connectivity index (χ3v) is 3.34. The molecular weight excluding hydrogens is 234 g/mol. The molecule has 0 aromatic carbocycles. The van der Waals surface area contributed by atoms with Gasteiger partial charge in [-0.05, 0) is 50.8 Å². The molecule has 0 N–H and O–H groups in total. The molecule has 2 aliphatic rings. The van der Waals surface area contributed by atoms with Gasteiger partial charge < -0.3 is 9.64 Å². The Bertz CT molecular complexity index is 487. The second-order valence-electron chi connectivity index (χ2n) is 5.12. The van der Waals surface area contributed by atoms with E-state index < -0.39 is 0 Å². The van der Waals surface area contributed by atoms with E-state index in [0.29, 0.717) is 0 Å². The zero-order chi connectivity index (χ0) is 13.8. The van der Waals surface area contributed by atoms with E-state index in [0.717, 1.165) is 37.3 Å². The minimum atomic E-state index is 0.911. The standard InChI is InChI=1S/C17H23NO/c1-5-9-16-17(13(3)4)18(12-6-2)14-10-7-8-11-15(14)19-16/h5,8-9,11H,1,6-7,10,12H2,2-4H3/b16-9+. The fourth-order valence-corrected chi connectivity index (χ4v) is 2.63. The number of ether oxygens (including phenoxy) is 1. The minimum absolute atomic E-state index is 0.911. The Balaban J connectivity index is 2.53. The van der Waals surface area contributed by atoms with Gasteiger partial charge in [0.25, 0.3) is 0 Å². The molecule has 1 aliphatic heterocycles. The molecule has 2 nitrogen and oxygen atoms in total. The van der Waals surface area contributed by atoms with Crippen LogP contribution in [0, 0.1) is 0 Å². The van der Waals surface area contributed by atoms with Gasteiger partial charge in [0, 0.05) is 6.54 Å². The van der Waals surface area contributed by atoms with E-state index >= 15 is 0 Å². The van der Waals surface area contributed by atoms with Crippen molar-refractivity contribution in [3.63, 3.8) is 0 Å². The molecule has 2 heteroatoms. The van der Waals surface area contributed by atoms with Gasteiger partial charge in [-0.2, -0.15) is 0 Å². The lowest BCUT2D eigenvalue weighted by molar-refractivity contribution is 0.232. The highest BCUT2D eigenvalue weighted by molar-refractivity contribution is 5.42. The largest absolute Gasteiger partial charge is 0.453 e. The van der Waals surface area contributed by atoms with Crippen molar-refractivity contribution in [2.24, 2.45) is 0 Å². The van der Waals surface area contributed by atoms with Crippen LogP contribution >= 0.6 is 0 Å². The summed E-state index contributed by atoms with van der Waals surface area (Å²) in [7, 11) is 0. The fraction of sp³-hybridized carbons (Fsp3) is 0.412. The van der Waals surface area contributed by atoms with E-state index in [1.807, 2.05) is 6.08 Å². The average molecular weight is 257 g/mol. The van der Waals surface area contributed by atoms with E-state index in [4.69, 9.17) is 4.74 Å². The Hall–Kier alpha value is -1.70.